The molecule has 1 heterocycles. The number of carboxylic acid groups (broad SMARTS) is 1. The van der Waals surface area contributed by atoms with Crippen LogP contribution in [-0.4, -0.2) is 42.1 Å². The molecule has 1 aromatic carbocycles. The highest BCUT2D eigenvalue weighted by atomic mass is 16.5. The lowest BCUT2D eigenvalue weighted by Crippen LogP contribution is -2.48. The molecule has 0 saturated carbocycles. The van der Waals surface area contributed by atoms with Gasteiger partial charge >= 0.3 is 11.6 Å². The predicted molar refractivity (Wildman–Crippen MR) is 121 cm³/mol. The van der Waals surface area contributed by atoms with E-state index in [9.17, 15) is 24.3 Å². The van der Waals surface area contributed by atoms with Crippen LogP contribution in [0.2, 0.25) is 0 Å². The van der Waals surface area contributed by atoms with E-state index >= 15 is 0 Å². The van der Waals surface area contributed by atoms with E-state index in [2.05, 4.69) is 10.6 Å². The Bertz CT molecular complexity index is 1120. The molecule has 9 nitrogen and oxygen atoms in total. The van der Waals surface area contributed by atoms with Crippen LogP contribution in [0.1, 0.15) is 49.8 Å². The first kappa shape index (κ1) is 24.3. The number of carbonyl (C=O) groups is 3. The summed E-state index contributed by atoms with van der Waals surface area (Å²) < 4.78 is 11.3. The SMILES string of the molecule is CC[C@H](C)[C@H](NC(=O)CNC(=O)COc1cc(C)cc2oc(=O)c3c(c12)CCCC3)C(=O)O. The molecule has 2 atom stereocenters. The highest BCUT2D eigenvalue weighted by Crippen LogP contribution is 2.34. The second kappa shape index (κ2) is 10.5. The van der Waals surface area contributed by atoms with Gasteiger partial charge in [-0.05, 0) is 61.8 Å². The first-order chi connectivity index (χ1) is 15.7. The van der Waals surface area contributed by atoms with Gasteiger partial charge in [0.1, 0.15) is 17.4 Å². The number of amides is 2. The standard InChI is InChI=1S/C24H30N2O7/c1-4-14(3)22(23(29)30)26-19(27)11-25-20(28)12-32-17-9-13(2)10-18-21(17)15-7-5-6-8-16(15)24(31)33-18/h9-10,14,22H,4-8,11-12H2,1-3H3,(H,25,28)(H,26,27)(H,29,30)/t14-,22-/m0/s1. The third-order valence-electron chi connectivity index (χ3n) is 6.03. The number of aryl methyl sites for hydroxylation is 2. The van der Waals surface area contributed by atoms with Crippen molar-refractivity contribution >= 4 is 28.8 Å². The molecule has 2 amide bonds. The summed E-state index contributed by atoms with van der Waals surface area (Å²) >= 11 is 0. The van der Waals surface area contributed by atoms with Crippen LogP contribution >= 0.6 is 0 Å². The van der Waals surface area contributed by atoms with Gasteiger partial charge in [0, 0.05) is 5.56 Å². The number of carbonyl (C=O) groups excluding carboxylic acids is 2. The molecule has 1 aliphatic carbocycles. The van der Waals surface area contributed by atoms with Crippen LogP contribution in [0.3, 0.4) is 0 Å². The lowest BCUT2D eigenvalue weighted by Gasteiger charge is -2.20. The van der Waals surface area contributed by atoms with Gasteiger partial charge in [0.25, 0.3) is 5.91 Å². The lowest BCUT2D eigenvalue weighted by atomic mass is 9.90. The molecule has 178 valence electrons. The van der Waals surface area contributed by atoms with Crippen LogP contribution in [-0.2, 0) is 27.2 Å². The van der Waals surface area contributed by atoms with Crippen molar-refractivity contribution < 1.29 is 28.6 Å². The van der Waals surface area contributed by atoms with Crippen molar-refractivity contribution in [3.05, 3.63) is 39.2 Å². The van der Waals surface area contributed by atoms with Gasteiger partial charge in [0.15, 0.2) is 6.61 Å². The monoisotopic (exact) mass is 458 g/mol. The third kappa shape index (κ3) is 5.71. The van der Waals surface area contributed by atoms with Crippen molar-refractivity contribution in [3.63, 3.8) is 0 Å². The smallest absolute Gasteiger partial charge is 0.339 e. The summed E-state index contributed by atoms with van der Waals surface area (Å²) in [5, 5.41) is 14.9. The molecular weight excluding hydrogens is 428 g/mol. The van der Waals surface area contributed by atoms with E-state index in [0.717, 1.165) is 30.4 Å². The van der Waals surface area contributed by atoms with Gasteiger partial charge in [-0.2, -0.15) is 0 Å². The Morgan fingerprint density at radius 1 is 1.15 bits per heavy atom. The van der Waals surface area contributed by atoms with Gasteiger partial charge < -0.3 is 24.9 Å². The Labute approximate surface area is 191 Å². The minimum Gasteiger partial charge on any atom is -0.483 e. The number of fused-ring (bicyclic) bond motifs is 3. The summed E-state index contributed by atoms with van der Waals surface area (Å²) in [6.45, 7) is 4.71. The molecular formula is C24H30N2O7. The zero-order valence-electron chi connectivity index (χ0n) is 19.2. The highest BCUT2D eigenvalue weighted by molar-refractivity contribution is 5.90. The van der Waals surface area contributed by atoms with E-state index in [-0.39, 0.29) is 24.7 Å². The zero-order valence-corrected chi connectivity index (χ0v) is 19.2. The van der Waals surface area contributed by atoms with Crippen molar-refractivity contribution in [1.29, 1.82) is 0 Å². The normalized spacial score (nSPS) is 14.8. The molecule has 0 spiro atoms. The van der Waals surface area contributed by atoms with Crippen LogP contribution in [0.5, 0.6) is 5.75 Å². The summed E-state index contributed by atoms with van der Waals surface area (Å²) in [6, 6.07) is 2.55. The van der Waals surface area contributed by atoms with E-state index < -0.39 is 23.8 Å². The first-order valence-electron chi connectivity index (χ1n) is 11.2. The van der Waals surface area contributed by atoms with Crippen LogP contribution in [0, 0.1) is 12.8 Å². The summed E-state index contributed by atoms with van der Waals surface area (Å²) in [5.74, 6) is -2.02. The number of nitrogens with one attached hydrogen (secondary N) is 2. The average Bonchev–Trinajstić information content (AvgIpc) is 2.78. The minimum absolute atomic E-state index is 0.244. The molecule has 1 aromatic heterocycles. The predicted octanol–water partition coefficient (Wildman–Crippen LogP) is 2.09. The van der Waals surface area contributed by atoms with Crippen LogP contribution < -0.4 is 21.0 Å². The van der Waals surface area contributed by atoms with Crippen molar-refractivity contribution in [2.24, 2.45) is 5.92 Å². The maximum Gasteiger partial charge on any atom is 0.339 e. The van der Waals surface area contributed by atoms with E-state index in [0.29, 0.717) is 35.1 Å². The fourth-order valence-corrected chi connectivity index (χ4v) is 4.06. The highest BCUT2D eigenvalue weighted by Gasteiger charge is 2.25. The summed E-state index contributed by atoms with van der Waals surface area (Å²) in [5.41, 5.74) is 2.50. The first-order valence-corrected chi connectivity index (χ1v) is 11.2. The van der Waals surface area contributed by atoms with Crippen molar-refractivity contribution in [1.82, 2.24) is 10.6 Å². The zero-order chi connectivity index (χ0) is 24.1. The molecule has 0 unspecified atom stereocenters. The quantitative estimate of drug-likeness (QED) is 0.490. The molecule has 1 aliphatic rings. The maximum atomic E-state index is 12.3. The van der Waals surface area contributed by atoms with Gasteiger partial charge in [-0.25, -0.2) is 9.59 Å². The Hall–Kier alpha value is -3.36. The fraction of sp³-hybridized carbons (Fsp3) is 0.500. The van der Waals surface area contributed by atoms with Crippen molar-refractivity contribution in [2.75, 3.05) is 13.2 Å². The Balaban J connectivity index is 1.67. The van der Waals surface area contributed by atoms with Crippen molar-refractivity contribution in [3.8, 4) is 5.75 Å². The van der Waals surface area contributed by atoms with Gasteiger partial charge in [0.05, 0.1) is 11.9 Å². The van der Waals surface area contributed by atoms with Gasteiger partial charge in [-0.1, -0.05) is 20.3 Å². The summed E-state index contributed by atoms with van der Waals surface area (Å²) in [7, 11) is 0. The number of aliphatic carboxylic acids is 1. The molecule has 33 heavy (non-hydrogen) atoms. The number of benzene rings is 1. The topological polar surface area (TPSA) is 135 Å². The Kier molecular flexibility index (Phi) is 7.73. The molecule has 0 aliphatic heterocycles. The largest absolute Gasteiger partial charge is 0.483 e. The number of ether oxygens (including phenoxy) is 1. The molecule has 0 fully saturated rings. The number of carboxylic acids is 1. The molecule has 9 heteroatoms. The molecule has 3 rings (SSSR count). The second-order valence-corrected chi connectivity index (χ2v) is 8.52. The lowest BCUT2D eigenvalue weighted by molar-refractivity contribution is -0.143. The molecule has 2 aromatic rings. The van der Waals surface area contributed by atoms with Crippen LogP contribution in [0.25, 0.3) is 11.0 Å². The molecule has 0 radical (unpaired) electrons. The van der Waals surface area contributed by atoms with Gasteiger partial charge in [-0.3, -0.25) is 9.59 Å². The van der Waals surface area contributed by atoms with Crippen LogP contribution in [0.4, 0.5) is 0 Å². The number of rotatable bonds is 9. The van der Waals surface area contributed by atoms with E-state index in [1.54, 1.807) is 19.1 Å². The summed E-state index contributed by atoms with van der Waals surface area (Å²) in [4.78, 5) is 48.1. The third-order valence-corrected chi connectivity index (χ3v) is 6.03. The van der Waals surface area contributed by atoms with Crippen molar-refractivity contribution in [2.45, 2.75) is 58.9 Å². The fourth-order valence-electron chi connectivity index (χ4n) is 4.06. The second-order valence-electron chi connectivity index (χ2n) is 8.52. The van der Waals surface area contributed by atoms with Crippen LogP contribution in [0.15, 0.2) is 21.3 Å². The Morgan fingerprint density at radius 2 is 1.85 bits per heavy atom. The van der Waals surface area contributed by atoms with Gasteiger partial charge in [-0.15, -0.1) is 0 Å². The number of hydrogen-bond acceptors (Lipinski definition) is 6. The molecule has 0 bridgehead atoms. The van der Waals surface area contributed by atoms with E-state index in [1.165, 1.54) is 0 Å². The van der Waals surface area contributed by atoms with E-state index in [4.69, 9.17) is 9.15 Å². The van der Waals surface area contributed by atoms with Gasteiger partial charge in [0.2, 0.25) is 5.91 Å². The van der Waals surface area contributed by atoms with E-state index in [1.807, 2.05) is 13.8 Å². The maximum absolute atomic E-state index is 12.3. The summed E-state index contributed by atoms with van der Waals surface area (Å²) in [6.07, 6.45) is 3.87. The molecule has 0 saturated heterocycles. The average molecular weight is 459 g/mol. The minimum atomic E-state index is -1.12. The molecule has 3 N–H and O–H groups in total. The Morgan fingerprint density at radius 3 is 2.52 bits per heavy atom. The number of hydrogen-bond donors (Lipinski definition) is 3.